The third-order valence-electron chi connectivity index (χ3n) is 3.79. The molecule has 3 unspecified atom stereocenters. The fourth-order valence-corrected chi connectivity index (χ4v) is 2.78. The van der Waals surface area contributed by atoms with Crippen LogP contribution in [0.15, 0.2) is 0 Å². The summed E-state index contributed by atoms with van der Waals surface area (Å²) in [6.45, 7) is 8.55. The Balaban J connectivity index is 2.40. The van der Waals surface area contributed by atoms with Crippen molar-refractivity contribution in [2.75, 3.05) is 33.4 Å². The highest BCUT2D eigenvalue weighted by molar-refractivity contribution is 4.82. The van der Waals surface area contributed by atoms with Crippen LogP contribution >= 0.6 is 0 Å². The number of likely N-dealkylation sites (tertiary alicyclic amines) is 1. The van der Waals surface area contributed by atoms with E-state index in [2.05, 4.69) is 18.7 Å². The van der Waals surface area contributed by atoms with Crippen molar-refractivity contribution in [2.45, 2.75) is 39.2 Å². The summed E-state index contributed by atoms with van der Waals surface area (Å²) in [7, 11) is 1.78. The Morgan fingerprint density at radius 1 is 1.50 bits per heavy atom. The second kappa shape index (κ2) is 7.25. The van der Waals surface area contributed by atoms with Crippen molar-refractivity contribution in [2.24, 2.45) is 17.6 Å². The molecule has 0 amide bonds. The summed E-state index contributed by atoms with van der Waals surface area (Å²) in [4.78, 5) is 2.57. The molecule has 1 heterocycles. The number of nitrogens with zero attached hydrogens (tertiary/aromatic N) is 1. The average molecular weight is 228 g/mol. The minimum absolute atomic E-state index is 0.595. The molecular weight excluding hydrogens is 200 g/mol. The second-order valence-corrected chi connectivity index (χ2v) is 5.24. The summed E-state index contributed by atoms with van der Waals surface area (Å²) >= 11 is 0. The number of ether oxygens (including phenoxy) is 1. The number of hydrogen-bond acceptors (Lipinski definition) is 3. The van der Waals surface area contributed by atoms with Crippen LogP contribution in [0.25, 0.3) is 0 Å². The molecule has 3 nitrogen and oxygen atoms in total. The molecule has 1 saturated heterocycles. The van der Waals surface area contributed by atoms with Gasteiger partial charge in [-0.15, -0.1) is 0 Å². The zero-order chi connectivity index (χ0) is 12.0. The Morgan fingerprint density at radius 2 is 2.25 bits per heavy atom. The van der Waals surface area contributed by atoms with Crippen LogP contribution in [0.5, 0.6) is 0 Å². The van der Waals surface area contributed by atoms with Crippen LogP contribution in [0.3, 0.4) is 0 Å². The van der Waals surface area contributed by atoms with Gasteiger partial charge in [-0.25, -0.2) is 0 Å². The normalized spacial score (nSPS) is 29.2. The Hall–Kier alpha value is -0.120. The van der Waals surface area contributed by atoms with E-state index in [4.69, 9.17) is 10.5 Å². The molecule has 96 valence electrons. The molecule has 0 radical (unpaired) electrons. The maximum atomic E-state index is 5.89. The van der Waals surface area contributed by atoms with E-state index < -0.39 is 0 Å². The highest BCUT2D eigenvalue weighted by Gasteiger charge is 2.27. The van der Waals surface area contributed by atoms with Crippen molar-refractivity contribution < 1.29 is 4.74 Å². The van der Waals surface area contributed by atoms with E-state index in [0.29, 0.717) is 12.0 Å². The van der Waals surface area contributed by atoms with Crippen LogP contribution in [-0.4, -0.2) is 44.3 Å². The fourth-order valence-electron chi connectivity index (χ4n) is 2.78. The molecule has 0 aromatic heterocycles. The quantitative estimate of drug-likeness (QED) is 0.752. The average Bonchev–Trinajstić information content (AvgIpc) is 2.30. The first kappa shape index (κ1) is 13.9. The van der Waals surface area contributed by atoms with Crippen molar-refractivity contribution >= 4 is 0 Å². The van der Waals surface area contributed by atoms with Crippen molar-refractivity contribution in [3.05, 3.63) is 0 Å². The predicted molar refractivity (Wildman–Crippen MR) is 68.5 cm³/mol. The van der Waals surface area contributed by atoms with E-state index in [0.717, 1.165) is 25.6 Å². The lowest BCUT2D eigenvalue weighted by molar-refractivity contribution is 0.0735. The molecule has 1 aliphatic heterocycles. The Labute approximate surface area is 100 Å². The number of hydrogen-bond donors (Lipinski definition) is 1. The predicted octanol–water partition coefficient (Wildman–Crippen LogP) is 1.72. The molecule has 0 bridgehead atoms. The van der Waals surface area contributed by atoms with E-state index in [1.165, 1.54) is 25.8 Å². The van der Waals surface area contributed by atoms with E-state index in [1.807, 2.05) is 0 Å². The van der Waals surface area contributed by atoms with E-state index in [9.17, 15) is 0 Å². The molecule has 2 N–H and O–H groups in total. The summed E-state index contributed by atoms with van der Waals surface area (Å²) in [5.74, 6) is 1.50. The van der Waals surface area contributed by atoms with Crippen molar-refractivity contribution in [3.63, 3.8) is 0 Å². The Bertz CT molecular complexity index is 187. The first-order chi connectivity index (χ1) is 7.71. The largest absolute Gasteiger partial charge is 0.384 e. The van der Waals surface area contributed by atoms with Gasteiger partial charge in [0.1, 0.15) is 0 Å². The molecule has 0 aliphatic carbocycles. The lowest BCUT2D eigenvalue weighted by atomic mass is 9.88. The van der Waals surface area contributed by atoms with Gasteiger partial charge in [0.2, 0.25) is 0 Å². The maximum absolute atomic E-state index is 5.89. The summed E-state index contributed by atoms with van der Waals surface area (Å²) in [6, 6.07) is 0.595. The van der Waals surface area contributed by atoms with Crippen LogP contribution in [0.1, 0.15) is 33.1 Å². The van der Waals surface area contributed by atoms with Gasteiger partial charge in [-0.2, -0.15) is 0 Å². The molecule has 1 aliphatic rings. The highest BCUT2D eigenvalue weighted by atomic mass is 16.5. The molecule has 0 aromatic rings. The van der Waals surface area contributed by atoms with Gasteiger partial charge >= 0.3 is 0 Å². The minimum Gasteiger partial charge on any atom is -0.384 e. The fraction of sp³-hybridized carbons (Fsp3) is 1.00. The van der Waals surface area contributed by atoms with Crippen LogP contribution in [0.2, 0.25) is 0 Å². The van der Waals surface area contributed by atoms with Crippen LogP contribution < -0.4 is 5.73 Å². The molecule has 1 fully saturated rings. The lowest BCUT2D eigenvalue weighted by Gasteiger charge is -2.40. The molecular formula is C13H28N2O. The van der Waals surface area contributed by atoms with E-state index in [-0.39, 0.29) is 0 Å². The van der Waals surface area contributed by atoms with Gasteiger partial charge in [0.25, 0.3) is 0 Å². The van der Waals surface area contributed by atoms with Gasteiger partial charge < -0.3 is 10.5 Å². The lowest BCUT2D eigenvalue weighted by Crippen LogP contribution is -2.48. The third kappa shape index (κ3) is 4.04. The SMILES string of the molecule is CCC1CCN(CC(C)COC)C(CN)C1. The van der Waals surface area contributed by atoms with Crippen LogP contribution in [0.4, 0.5) is 0 Å². The van der Waals surface area contributed by atoms with Gasteiger partial charge in [0, 0.05) is 32.8 Å². The number of piperidine rings is 1. The molecule has 16 heavy (non-hydrogen) atoms. The van der Waals surface area contributed by atoms with Crippen molar-refractivity contribution in [3.8, 4) is 0 Å². The molecule has 0 saturated carbocycles. The van der Waals surface area contributed by atoms with Gasteiger partial charge in [-0.1, -0.05) is 20.3 Å². The molecule has 0 spiro atoms. The van der Waals surface area contributed by atoms with E-state index in [1.54, 1.807) is 7.11 Å². The molecule has 0 aromatic carbocycles. The standard InChI is InChI=1S/C13H28N2O/c1-4-12-5-6-15(13(7-12)8-14)9-11(2)10-16-3/h11-13H,4-10,14H2,1-3H3. The third-order valence-corrected chi connectivity index (χ3v) is 3.79. The summed E-state index contributed by atoms with van der Waals surface area (Å²) in [5.41, 5.74) is 5.89. The number of nitrogens with two attached hydrogens (primary N) is 1. The van der Waals surface area contributed by atoms with Crippen LogP contribution in [0, 0.1) is 11.8 Å². The van der Waals surface area contributed by atoms with Gasteiger partial charge in [-0.3, -0.25) is 4.90 Å². The maximum Gasteiger partial charge on any atom is 0.0500 e. The Kier molecular flexibility index (Phi) is 6.32. The van der Waals surface area contributed by atoms with Gasteiger partial charge in [0.15, 0.2) is 0 Å². The smallest absolute Gasteiger partial charge is 0.0500 e. The monoisotopic (exact) mass is 228 g/mol. The molecule has 1 rings (SSSR count). The number of rotatable bonds is 6. The van der Waals surface area contributed by atoms with Crippen molar-refractivity contribution in [1.29, 1.82) is 0 Å². The number of methoxy groups -OCH3 is 1. The summed E-state index contributed by atoms with van der Waals surface area (Å²) < 4.78 is 5.20. The second-order valence-electron chi connectivity index (χ2n) is 5.24. The van der Waals surface area contributed by atoms with Crippen molar-refractivity contribution in [1.82, 2.24) is 4.90 Å². The topological polar surface area (TPSA) is 38.5 Å². The van der Waals surface area contributed by atoms with Gasteiger partial charge in [-0.05, 0) is 31.2 Å². The highest BCUT2D eigenvalue weighted by Crippen LogP contribution is 2.25. The molecule has 3 heteroatoms. The van der Waals surface area contributed by atoms with E-state index >= 15 is 0 Å². The minimum atomic E-state index is 0.595. The first-order valence-electron chi connectivity index (χ1n) is 6.64. The zero-order valence-electron chi connectivity index (χ0n) is 11.1. The summed E-state index contributed by atoms with van der Waals surface area (Å²) in [5, 5.41) is 0. The summed E-state index contributed by atoms with van der Waals surface area (Å²) in [6.07, 6.45) is 3.93. The Morgan fingerprint density at radius 3 is 2.81 bits per heavy atom. The van der Waals surface area contributed by atoms with Gasteiger partial charge in [0.05, 0.1) is 0 Å². The first-order valence-corrected chi connectivity index (χ1v) is 6.64. The van der Waals surface area contributed by atoms with Crippen LogP contribution in [-0.2, 0) is 4.74 Å². The zero-order valence-corrected chi connectivity index (χ0v) is 11.1. The molecule has 3 atom stereocenters.